The van der Waals surface area contributed by atoms with Gasteiger partial charge in [-0.3, -0.25) is 93.2 Å². The van der Waals surface area contributed by atoms with E-state index in [1.165, 1.54) is 77.3 Å². The minimum absolute atomic E-state index is 0.00329. The monoisotopic (exact) mass is 2030 g/mol. The second-order valence-electron chi connectivity index (χ2n) is 39.3. The van der Waals surface area contributed by atoms with Gasteiger partial charge in [0.15, 0.2) is 69.0 Å². The summed E-state index contributed by atoms with van der Waals surface area (Å²) in [6, 6.07) is 39.2. The number of carbonyl (C=O) groups excluding carboxylic acids is 15. The van der Waals surface area contributed by atoms with Crippen molar-refractivity contribution in [3.8, 4) is 34.3 Å². The van der Waals surface area contributed by atoms with Crippen molar-refractivity contribution in [2.45, 2.75) is 149 Å². The van der Waals surface area contributed by atoms with Crippen LogP contribution in [0.5, 0.6) is 23.0 Å². The first kappa shape index (κ1) is 96.2. The second-order valence-corrected chi connectivity index (χ2v) is 40.8. The summed E-state index contributed by atoms with van der Waals surface area (Å²) in [5.41, 5.74) is 2.69. The van der Waals surface area contributed by atoms with E-state index in [9.17, 15) is 89.1 Å². The molecule has 0 spiro atoms. The zero-order chi connectivity index (χ0) is 104. The van der Waals surface area contributed by atoms with Crippen LogP contribution in [0.2, 0.25) is 0 Å². The topological polar surface area (TPSA) is 480 Å². The zero-order valence-corrected chi connectivity index (χ0v) is 80.2. The molecule has 4 saturated heterocycles. The molecule has 12 aliphatic rings. The molecule has 4 atom stereocenters. The number of halogens is 4. The zero-order valence-electron chi connectivity index (χ0n) is 79.3. The largest absolute Gasteiger partial charge is 0.497 e. The highest BCUT2D eigenvalue weighted by molar-refractivity contribution is 7.89. The second kappa shape index (κ2) is 36.2. The summed E-state index contributed by atoms with van der Waals surface area (Å²) >= 11 is 0. The number of aromatic nitrogens is 1. The predicted octanol–water partition coefficient (Wildman–Crippen LogP) is 12.1. The molecule has 0 radical (unpaired) electrons. The molecule has 0 bridgehead atoms. The van der Waals surface area contributed by atoms with Gasteiger partial charge in [0.1, 0.15) is 67.1 Å². The average Bonchev–Trinajstić information content (AvgIpc) is 1.58. The van der Waals surface area contributed by atoms with Crippen LogP contribution in [0.25, 0.3) is 55.3 Å². The molecule has 8 aromatic carbocycles. The fourth-order valence-electron chi connectivity index (χ4n) is 22.0. The standard InChI is InChI=1S/C28H22F2N2O6.C27H23FN2O6.C27H22N4O7S.C26H21FN2O6/c29-23-18(37-11-13-1-2-13)6-4-15-10-32(26(35)22(15)23)12-28(9-20(34)31-27(28)36)19-8-16-7-14-3-5-17(33)21(14)24(30)25(16)38-19;1-35-19-7-6-15-12-30(25(33)23(15)24(19)28)13-27(11-22(32)29-26(27)34)21-9-16-8-14-4-2-3-5-18(31)17(14)10-20(16)36-21;1-37-17-5-2-16-13-31(25(33)19(16)10-17)14-27(12-24(32)30-26(27)34)23-11-21-22(38-23)9-8-20(29-21)15-3-6-18(7-4-15)39(28,35)36;1-34-18-6-5-14-11-29(24(32)22(14)23(18)27)12-26(10-21(31)28-25(26)33)20-8-15-7-13-3-2-4-17(30)16(13)9-19(15)35-20/h4,6-8,13H,1-3,5,9-12H2,(H,31,34,36);6-10H,2-5,11-13H2,1H3,(H,29,32,34);2-11H,12-14H2,1H3,(H2,28,35,36)(H,30,32,34);5-9H,2-4,10-12H2,1H3,(H,28,31,33)/t28-;2*27-;26-/m1111/s1. The Morgan fingerprint density at radius 2 is 0.811 bits per heavy atom. The number of pyridine rings is 1. The first-order valence-electron chi connectivity index (χ1n) is 47.8. The molecule has 12 amide bonds. The molecule has 0 unspecified atom stereocenters. The lowest BCUT2D eigenvalue weighted by molar-refractivity contribution is -0.128. The molecule has 35 nitrogen and oxygen atoms in total. The van der Waals surface area contributed by atoms with Crippen molar-refractivity contribution in [3.05, 3.63) is 270 Å². The number of imide groups is 4. The summed E-state index contributed by atoms with van der Waals surface area (Å²) in [6.07, 6.45) is 6.79. The smallest absolute Gasteiger partial charge is 0.257 e. The van der Waals surface area contributed by atoms with E-state index in [-0.39, 0.29) is 181 Å². The van der Waals surface area contributed by atoms with E-state index in [0.717, 1.165) is 67.0 Å². The Bertz CT molecular complexity index is 8260. The molecule has 5 aromatic heterocycles. The molecule has 13 aromatic rings. The number of carbonyl (C=O) groups is 15. The predicted molar refractivity (Wildman–Crippen MR) is 511 cm³/mol. The molecule has 13 heterocycles. The van der Waals surface area contributed by atoms with Crippen LogP contribution >= 0.6 is 0 Å². The number of fused-ring (bicyclic) bond motifs is 11. The van der Waals surface area contributed by atoms with E-state index in [1.807, 2.05) is 12.1 Å². The van der Waals surface area contributed by atoms with E-state index in [0.29, 0.717) is 121 Å². The van der Waals surface area contributed by atoms with Crippen LogP contribution in [0.15, 0.2) is 168 Å². The maximum absolute atomic E-state index is 15.3. The van der Waals surface area contributed by atoms with Crippen LogP contribution in [-0.4, -0.2) is 175 Å². The van der Waals surface area contributed by atoms with Crippen LogP contribution in [-0.2, 0) is 115 Å². The molecule has 1 saturated carbocycles. The summed E-state index contributed by atoms with van der Waals surface area (Å²) in [4.78, 5) is 202. The van der Waals surface area contributed by atoms with Crippen molar-refractivity contribution >= 4 is 142 Å². The molecule has 25 rings (SSSR count). The SMILES string of the molecule is COc1ccc2c(c1)C(=O)N(C[C@@]1(c3cc4nc(-c5ccc(S(N)(=O)=O)cc5)ccc4o3)CC(=O)NC1=O)C2.COc1ccc2c(c1F)C(=O)N(C[C@@]1(c3cc4cc5c(cc4o3)C(=O)CCC5)CC(=O)NC1=O)C2.COc1ccc2c(c1F)C(=O)N(C[C@@]1(c3cc4cc5c(cc4o3)C(=O)CCCC5)CC(=O)NC1=O)C2.O=C1C[C@@](CN2Cc3ccc(OCC4CC4)c(F)c3C2=O)(c2cc3cc4c(c(F)c3o2)C(=O)CC4)C(=O)N1. The number of hydrogen-bond donors (Lipinski definition) is 5. The van der Waals surface area contributed by atoms with Crippen LogP contribution in [0.1, 0.15) is 212 Å². The van der Waals surface area contributed by atoms with Gasteiger partial charge in [-0.25, -0.2) is 36.1 Å². The lowest BCUT2D eigenvalue weighted by atomic mass is 9.82. The lowest BCUT2D eigenvalue weighted by Crippen LogP contribution is -2.46. The summed E-state index contributed by atoms with van der Waals surface area (Å²) in [5.74, 6) is -8.17. The molecule has 40 heteroatoms. The number of nitrogens with one attached hydrogen (secondary N) is 4. The Hall–Kier alpha value is -16.7. The van der Waals surface area contributed by atoms with Crippen molar-refractivity contribution in [3.63, 3.8) is 0 Å². The Labute approximate surface area is 836 Å². The van der Waals surface area contributed by atoms with Crippen LogP contribution < -0.4 is 45.4 Å². The number of ether oxygens (including phenoxy) is 4. The van der Waals surface area contributed by atoms with E-state index < -0.39 is 120 Å². The van der Waals surface area contributed by atoms with Crippen LogP contribution in [0.4, 0.5) is 17.6 Å². The van der Waals surface area contributed by atoms with E-state index in [2.05, 4.69) is 26.3 Å². The number of nitrogens with zero attached hydrogens (tertiary/aromatic N) is 5. The third-order valence-electron chi connectivity index (χ3n) is 29.9. The minimum atomic E-state index is -3.83. The number of primary sulfonamides is 1. The number of benzene rings is 8. The fourth-order valence-corrected chi connectivity index (χ4v) is 22.5. The normalized spacial score (nSPS) is 21.1. The number of Topliss-reactive ketones (excluding diaryl/α,β-unsaturated/α-hetero) is 3. The first-order chi connectivity index (χ1) is 70.9. The number of amides is 12. The molecule has 754 valence electrons. The highest BCUT2D eigenvalue weighted by Gasteiger charge is 2.59. The molecule has 5 fully saturated rings. The first-order valence-corrected chi connectivity index (χ1v) is 49.4. The Balaban J connectivity index is 0.000000112. The Kier molecular flexibility index (Phi) is 23.5. The van der Waals surface area contributed by atoms with Gasteiger partial charge in [0.25, 0.3) is 23.6 Å². The van der Waals surface area contributed by atoms with E-state index in [4.69, 9.17) is 41.8 Å². The molecular formula is C108H88F4N10O25S. The van der Waals surface area contributed by atoms with Crippen LogP contribution in [0, 0.1) is 29.2 Å². The van der Waals surface area contributed by atoms with Crippen molar-refractivity contribution in [1.82, 2.24) is 45.9 Å². The van der Waals surface area contributed by atoms with Gasteiger partial charge in [-0.05, 0) is 199 Å². The van der Waals surface area contributed by atoms with Gasteiger partial charge in [0.2, 0.25) is 57.3 Å². The summed E-state index contributed by atoms with van der Waals surface area (Å²) < 4.78 is 128. The van der Waals surface area contributed by atoms with Crippen molar-refractivity contribution in [2.24, 2.45) is 11.1 Å². The number of nitrogens with two attached hydrogens (primary N) is 1. The molecule has 4 aliphatic carbocycles. The number of sulfonamides is 1. The quantitative estimate of drug-likeness (QED) is 0.0269. The number of ketones is 3. The summed E-state index contributed by atoms with van der Waals surface area (Å²) in [7, 11) is 0.325. The molecule has 8 aliphatic heterocycles. The van der Waals surface area contributed by atoms with Crippen LogP contribution in [0.3, 0.4) is 0 Å². The average molecular weight is 2030 g/mol. The van der Waals surface area contributed by atoms with Crippen molar-refractivity contribution in [2.75, 3.05) is 54.1 Å². The van der Waals surface area contributed by atoms with E-state index in [1.54, 1.807) is 97.1 Å². The minimum Gasteiger partial charge on any atom is -0.497 e. The summed E-state index contributed by atoms with van der Waals surface area (Å²) in [6.45, 7) is 0.168. The number of methoxy groups -OCH3 is 3. The third-order valence-corrected chi connectivity index (χ3v) is 30.8. The highest BCUT2D eigenvalue weighted by atomic mass is 32.2. The molecule has 6 N–H and O–H groups in total. The number of furan rings is 4. The molecular weight excluding hydrogens is 1950 g/mol. The lowest BCUT2D eigenvalue weighted by Gasteiger charge is -2.28. The fraction of sp³-hybridized carbons (Fsp3) is 0.296. The van der Waals surface area contributed by atoms with Crippen molar-refractivity contribution < 1.29 is 135 Å². The third kappa shape index (κ3) is 16.4. The van der Waals surface area contributed by atoms with Gasteiger partial charge in [0.05, 0.1) is 86.5 Å². The number of aryl methyl sites for hydroxylation is 3. The van der Waals surface area contributed by atoms with Gasteiger partial charge >= 0.3 is 0 Å². The number of rotatable bonds is 20. The van der Waals surface area contributed by atoms with Crippen molar-refractivity contribution in [1.29, 1.82) is 0 Å². The van der Waals surface area contributed by atoms with Gasteiger partial charge < -0.3 is 56.2 Å². The van der Waals surface area contributed by atoms with Gasteiger partial charge in [-0.1, -0.05) is 36.4 Å². The Morgan fingerprint density at radius 3 is 1.28 bits per heavy atom. The van der Waals surface area contributed by atoms with Gasteiger partial charge in [-0.2, -0.15) is 0 Å². The molecule has 148 heavy (non-hydrogen) atoms. The maximum Gasteiger partial charge on any atom is 0.257 e. The Morgan fingerprint density at radius 1 is 0.385 bits per heavy atom. The van der Waals surface area contributed by atoms with Gasteiger partial charge in [-0.15, -0.1) is 0 Å². The highest BCUT2D eigenvalue weighted by Crippen LogP contribution is 2.49. The maximum atomic E-state index is 15.3. The number of hydrogen-bond acceptors (Lipinski definition) is 26. The van der Waals surface area contributed by atoms with Gasteiger partial charge in [0, 0.05) is 116 Å². The van der Waals surface area contributed by atoms with E-state index >= 15 is 8.78 Å². The summed E-state index contributed by atoms with van der Waals surface area (Å²) in [5, 5.41) is 16.3.